The molecule has 25 heavy (non-hydrogen) atoms. The Morgan fingerprint density at radius 3 is 2.56 bits per heavy atom. The number of allylic oxidation sites excluding steroid dienone is 1. The average Bonchev–Trinajstić information content (AvgIpc) is 2.88. The van der Waals surface area contributed by atoms with Crippen molar-refractivity contribution >= 4 is 11.8 Å². The van der Waals surface area contributed by atoms with E-state index in [2.05, 4.69) is 6.92 Å². The summed E-state index contributed by atoms with van der Waals surface area (Å²) in [4.78, 5) is 23.0. The van der Waals surface area contributed by atoms with E-state index in [-0.39, 0.29) is 29.5 Å². The Morgan fingerprint density at radius 1 is 1.20 bits per heavy atom. The Kier molecular flexibility index (Phi) is 9.41. The monoisotopic (exact) mass is 352 g/mol. The van der Waals surface area contributed by atoms with E-state index >= 15 is 0 Å². The highest BCUT2D eigenvalue weighted by molar-refractivity contribution is 5.94. The molecule has 4 nitrogen and oxygen atoms in total. The van der Waals surface area contributed by atoms with Crippen molar-refractivity contribution in [3.8, 4) is 0 Å². The zero-order valence-electron chi connectivity index (χ0n) is 16.2. The van der Waals surface area contributed by atoms with Gasteiger partial charge in [-0.15, -0.1) is 0 Å². The molecule has 0 aromatic carbocycles. The Balaban J connectivity index is 2.37. The maximum Gasteiger partial charge on any atom is 0.303 e. The van der Waals surface area contributed by atoms with Crippen molar-refractivity contribution in [2.75, 3.05) is 0 Å². The normalized spacial score (nSPS) is 21.7. The molecule has 1 rings (SSSR count). The van der Waals surface area contributed by atoms with Crippen LogP contribution in [0, 0.1) is 17.3 Å². The van der Waals surface area contributed by atoms with E-state index in [0.29, 0.717) is 0 Å². The van der Waals surface area contributed by atoms with Gasteiger partial charge >= 0.3 is 5.97 Å². The third-order valence-electron chi connectivity index (χ3n) is 5.36. The van der Waals surface area contributed by atoms with Gasteiger partial charge in [0.05, 0.1) is 12.5 Å². The van der Waals surface area contributed by atoms with Gasteiger partial charge in [0.1, 0.15) is 0 Å². The molecule has 2 N–H and O–H groups in total. The number of rotatable bonds is 13. The van der Waals surface area contributed by atoms with Crippen molar-refractivity contribution in [2.24, 2.45) is 17.3 Å². The van der Waals surface area contributed by atoms with Crippen LogP contribution in [0.25, 0.3) is 0 Å². The Bertz CT molecular complexity index is 453. The predicted molar refractivity (Wildman–Crippen MR) is 100 cm³/mol. The Labute approximate surface area is 152 Å². The molecule has 0 saturated carbocycles. The lowest BCUT2D eigenvalue weighted by Crippen LogP contribution is -2.27. The first-order valence-corrected chi connectivity index (χ1v) is 9.89. The van der Waals surface area contributed by atoms with E-state index in [1.165, 1.54) is 12.8 Å². The molecule has 3 atom stereocenters. The molecule has 0 spiro atoms. The maximum atomic E-state index is 12.1. The summed E-state index contributed by atoms with van der Waals surface area (Å²) in [6.07, 6.45) is 12.0. The van der Waals surface area contributed by atoms with E-state index in [1.54, 1.807) is 6.08 Å². The maximum absolute atomic E-state index is 12.1. The summed E-state index contributed by atoms with van der Waals surface area (Å²) in [6.45, 7) is 6.13. The molecular weight excluding hydrogens is 316 g/mol. The Morgan fingerprint density at radius 2 is 1.92 bits per heavy atom. The van der Waals surface area contributed by atoms with Crippen LogP contribution >= 0.6 is 0 Å². The number of hydrogen-bond donors (Lipinski definition) is 2. The van der Waals surface area contributed by atoms with E-state index in [4.69, 9.17) is 5.11 Å². The number of carboxylic acid groups (broad SMARTS) is 1. The van der Waals surface area contributed by atoms with Gasteiger partial charge in [-0.2, -0.15) is 0 Å². The zero-order valence-corrected chi connectivity index (χ0v) is 16.2. The zero-order chi connectivity index (χ0) is 18.9. The SMILES string of the molecule is CCCCCCC(O)C1C=CC(=O)C1CCCCC(C)(C)CC(=O)O. The lowest BCUT2D eigenvalue weighted by Gasteiger charge is -2.25. The van der Waals surface area contributed by atoms with Gasteiger partial charge in [-0.25, -0.2) is 0 Å². The van der Waals surface area contributed by atoms with Crippen molar-refractivity contribution in [2.45, 2.75) is 91.1 Å². The Hall–Kier alpha value is -1.16. The molecule has 144 valence electrons. The minimum atomic E-state index is -0.758. The van der Waals surface area contributed by atoms with Gasteiger partial charge in [0.2, 0.25) is 0 Å². The third-order valence-corrected chi connectivity index (χ3v) is 5.36. The molecular formula is C21H36O4. The van der Waals surface area contributed by atoms with Crippen molar-refractivity contribution in [3.05, 3.63) is 12.2 Å². The molecule has 1 aliphatic carbocycles. The lowest BCUT2D eigenvalue weighted by atomic mass is 9.81. The van der Waals surface area contributed by atoms with Gasteiger partial charge < -0.3 is 10.2 Å². The largest absolute Gasteiger partial charge is 0.481 e. The van der Waals surface area contributed by atoms with Gasteiger partial charge in [0, 0.05) is 11.8 Å². The van der Waals surface area contributed by atoms with Crippen LogP contribution in [0.5, 0.6) is 0 Å². The molecule has 3 unspecified atom stereocenters. The summed E-state index contributed by atoms with van der Waals surface area (Å²) in [5.74, 6) is -0.751. The summed E-state index contributed by atoms with van der Waals surface area (Å²) in [7, 11) is 0. The van der Waals surface area contributed by atoms with Crippen LogP contribution in [0.15, 0.2) is 12.2 Å². The topological polar surface area (TPSA) is 74.6 Å². The minimum Gasteiger partial charge on any atom is -0.481 e. The molecule has 0 aliphatic heterocycles. The molecule has 0 saturated heterocycles. The standard InChI is InChI=1S/C21H36O4/c1-4-5-6-7-11-18(22)17-12-13-19(23)16(17)10-8-9-14-21(2,3)15-20(24)25/h12-13,16-18,22H,4-11,14-15H2,1-3H3,(H,24,25). The number of aliphatic carboxylic acids is 1. The summed E-state index contributed by atoms with van der Waals surface area (Å²) in [5, 5.41) is 19.4. The van der Waals surface area contributed by atoms with Crippen LogP contribution in [0.4, 0.5) is 0 Å². The second-order valence-electron chi connectivity index (χ2n) is 8.34. The van der Waals surface area contributed by atoms with Crippen LogP contribution < -0.4 is 0 Å². The molecule has 1 aliphatic rings. The number of unbranched alkanes of at least 4 members (excludes halogenated alkanes) is 4. The fraction of sp³-hybridized carbons (Fsp3) is 0.810. The summed E-state index contributed by atoms with van der Waals surface area (Å²) in [6, 6.07) is 0. The van der Waals surface area contributed by atoms with Gasteiger partial charge in [0.25, 0.3) is 0 Å². The minimum absolute atomic E-state index is 0.0406. The van der Waals surface area contributed by atoms with E-state index in [9.17, 15) is 14.7 Å². The molecule has 0 bridgehead atoms. The fourth-order valence-corrected chi connectivity index (χ4v) is 3.82. The number of ketones is 1. The van der Waals surface area contributed by atoms with Crippen LogP contribution in [-0.4, -0.2) is 28.1 Å². The van der Waals surface area contributed by atoms with E-state index in [1.807, 2.05) is 19.9 Å². The fourth-order valence-electron chi connectivity index (χ4n) is 3.82. The van der Waals surface area contributed by atoms with Crippen molar-refractivity contribution in [1.29, 1.82) is 0 Å². The molecule has 0 fully saturated rings. The third kappa shape index (κ3) is 8.17. The van der Waals surface area contributed by atoms with Gasteiger partial charge in [-0.05, 0) is 30.8 Å². The number of carbonyl (C=O) groups excluding carboxylic acids is 1. The summed E-state index contributed by atoms with van der Waals surface area (Å²) in [5.41, 5.74) is -0.206. The lowest BCUT2D eigenvalue weighted by molar-refractivity contribution is -0.139. The summed E-state index contributed by atoms with van der Waals surface area (Å²) < 4.78 is 0. The first-order valence-electron chi connectivity index (χ1n) is 9.89. The molecule has 4 heteroatoms. The van der Waals surface area contributed by atoms with E-state index in [0.717, 1.165) is 44.9 Å². The van der Waals surface area contributed by atoms with Gasteiger partial charge in [0.15, 0.2) is 5.78 Å². The van der Waals surface area contributed by atoms with Crippen molar-refractivity contribution < 1.29 is 19.8 Å². The highest BCUT2D eigenvalue weighted by Crippen LogP contribution is 2.33. The molecule has 0 heterocycles. The first-order chi connectivity index (χ1) is 11.8. The second kappa shape index (κ2) is 10.7. The highest BCUT2D eigenvalue weighted by Gasteiger charge is 2.34. The number of aliphatic hydroxyl groups excluding tert-OH is 1. The van der Waals surface area contributed by atoms with Gasteiger partial charge in [-0.1, -0.05) is 65.4 Å². The summed E-state index contributed by atoms with van der Waals surface area (Å²) >= 11 is 0. The molecule has 0 aromatic rings. The van der Waals surface area contributed by atoms with Crippen molar-refractivity contribution in [3.63, 3.8) is 0 Å². The van der Waals surface area contributed by atoms with Crippen LogP contribution in [-0.2, 0) is 9.59 Å². The predicted octanol–water partition coefficient (Wildman–Crippen LogP) is 4.75. The quantitative estimate of drug-likeness (QED) is 0.469. The van der Waals surface area contributed by atoms with Crippen LogP contribution in [0.3, 0.4) is 0 Å². The first kappa shape index (κ1) is 21.9. The van der Waals surface area contributed by atoms with Gasteiger partial charge in [-0.3, -0.25) is 9.59 Å². The number of aliphatic hydroxyl groups is 1. The second-order valence-corrected chi connectivity index (χ2v) is 8.34. The van der Waals surface area contributed by atoms with Crippen LogP contribution in [0.1, 0.15) is 85.0 Å². The van der Waals surface area contributed by atoms with Crippen LogP contribution in [0.2, 0.25) is 0 Å². The average molecular weight is 353 g/mol. The van der Waals surface area contributed by atoms with Crippen molar-refractivity contribution in [1.82, 2.24) is 0 Å². The highest BCUT2D eigenvalue weighted by atomic mass is 16.4. The molecule has 0 amide bonds. The molecule has 0 aromatic heterocycles. The number of carbonyl (C=O) groups is 2. The molecule has 0 radical (unpaired) electrons. The van der Waals surface area contributed by atoms with E-state index < -0.39 is 12.1 Å². The smallest absolute Gasteiger partial charge is 0.303 e. The number of hydrogen-bond acceptors (Lipinski definition) is 3. The number of carboxylic acids is 1.